The third kappa shape index (κ3) is 3.65. The highest BCUT2D eigenvalue weighted by molar-refractivity contribution is 6.18. The maximum absolute atomic E-state index is 12.2. The van der Waals surface area contributed by atoms with Gasteiger partial charge in [0.1, 0.15) is 34.3 Å². The molecular formula is C24H28O7. The van der Waals surface area contributed by atoms with Crippen LogP contribution in [0.15, 0.2) is 18.2 Å². The van der Waals surface area contributed by atoms with E-state index in [-0.39, 0.29) is 5.56 Å². The predicted molar refractivity (Wildman–Crippen MR) is 120 cm³/mol. The summed E-state index contributed by atoms with van der Waals surface area (Å²) in [4.78, 5) is 12.2. The van der Waals surface area contributed by atoms with Crippen LogP contribution in [0, 0.1) is 6.92 Å². The number of hydrogen-bond acceptors (Lipinski definition) is 6. The Morgan fingerprint density at radius 3 is 1.94 bits per heavy atom. The molecule has 1 N–H and O–H groups in total. The van der Waals surface area contributed by atoms with E-state index in [2.05, 4.69) is 0 Å². The smallest absolute Gasteiger partial charge is 0.339 e. The molecule has 166 valence electrons. The first-order valence-electron chi connectivity index (χ1n) is 10.1. The lowest BCUT2D eigenvalue weighted by Gasteiger charge is -2.22. The topological polar surface area (TPSA) is 83.5 Å². The SMILES string of the molecule is CCCCOc1cc2c(OC)c3c(OC)ccc(OC)c3c(OC)c2c(C)c1C(=O)O. The Morgan fingerprint density at radius 1 is 0.871 bits per heavy atom. The van der Waals surface area contributed by atoms with Crippen LogP contribution in [0.1, 0.15) is 35.7 Å². The van der Waals surface area contributed by atoms with Crippen molar-refractivity contribution in [2.75, 3.05) is 35.0 Å². The van der Waals surface area contributed by atoms with Crippen molar-refractivity contribution in [3.05, 3.63) is 29.3 Å². The van der Waals surface area contributed by atoms with Crippen LogP contribution in [0.3, 0.4) is 0 Å². The Balaban J connectivity index is 2.58. The standard InChI is InChI=1S/C24H28O7/c1-7-8-11-31-17-12-14-18(13(2)19(17)24(25)26)23(30-6)21-16(28-4)10-9-15(27-3)20(21)22(14)29-5/h9-10,12H,7-8,11H2,1-6H3,(H,25,26). The number of benzene rings is 3. The predicted octanol–water partition coefficient (Wildman–Crippen LogP) is 5.21. The number of carboxylic acids is 1. The normalized spacial score (nSPS) is 10.9. The van der Waals surface area contributed by atoms with Crippen molar-refractivity contribution in [2.24, 2.45) is 0 Å². The summed E-state index contributed by atoms with van der Waals surface area (Å²) in [5.74, 6) is 1.40. The minimum Gasteiger partial charge on any atom is -0.496 e. The molecule has 3 aromatic carbocycles. The van der Waals surface area contributed by atoms with Gasteiger partial charge in [-0.2, -0.15) is 0 Å². The molecule has 0 aliphatic heterocycles. The highest BCUT2D eigenvalue weighted by atomic mass is 16.5. The molecule has 0 saturated carbocycles. The fourth-order valence-electron chi connectivity index (χ4n) is 4.00. The van der Waals surface area contributed by atoms with Gasteiger partial charge in [-0.3, -0.25) is 0 Å². The van der Waals surface area contributed by atoms with Crippen molar-refractivity contribution in [1.82, 2.24) is 0 Å². The summed E-state index contributed by atoms with van der Waals surface area (Å²) in [6.07, 6.45) is 1.76. The van der Waals surface area contributed by atoms with Crippen molar-refractivity contribution in [3.8, 4) is 28.7 Å². The van der Waals surface area contributed by atoms with E-state index in [4.69, 9.17) is 23.7 Å². The van der Waals surface area contributed by atoms with Gasteiger partial charge in [0.15, 0.2) is 0 Å². The number of carbonyl (C=O) groups is 1. The molecule has 0 bridgehead atoms. The molecule has 0 amide bonds. The first-order chi connectivity index (χ1) is 14.9. The Hall–Kier alpha value is -3.35. The zero-order valence-electron chi connectivity index (χ0n) is 18.8. The summed E-state index contributed by atoms with van der Waals surface area (Å²) in [6, 6.07) is 5.29. The molecule has 0 spiro atoms. The van der Waals surface area contributed by atoms with Crippen LogP contribution in [0.2, 0.25) is 0 Å². The number of unbranched alkanes of at least 4 members (excludes halogenated alkanes) is 1. The second kappa shape index (κ2) is 9.20. The molecule has 0 aliphatic rings. The maximum Gasteiger partial charge on any atom is 0.339 e. The molecule has 3 rings (SSSR count). The molecule has 31 heavy (non-hydrogen) atoms. The number of aromatic carboxylic acids is 1. The molecule has 0 fully saturated rings. The molecule has 0 heterocycles. The molecule has 7 heteroatoms. The van der Waals surface area contributed by atoms with Crippen LogP contribution >= 0.6 is 0 Å². The highest BCUT2D eigenvalue weighted by Gasteiger charge is 2.27. The number of methoxy groups -OCH3 is 4. The Morgan fingerprint density at radius 2 is 1.45 bits per heavy atom. The number of fused-ring (bicyclic) bond motifs is 2. The molecule has 0 saturated heterocycles. The van der Waals surface area contributed by atoms with Crippen molar-refractivity contribution < 1.29 is 33.6 Å². The summed E-state index contributed by atoms with van der Waals surface area (Å²) in [6.45, 7) is 4.22. The average molecular weight is 428 g/mol. The molecular weight excluding hydrogens is 400 g/mol. The lowest BCUT2D eigenvalue weighted by molar-refractivity contribution is 0.0691. The highest BCUT2D eigenvalue weighted by Crippen LogP contribution is 2.52. The monoisotopic (exact) mass is 428 g/mol. The lowest BCUT2D eigenvalue weighted by Crippen LogP contribution is -2.08. The molecule has 0 atom stereocenters. The van der Waals surface area contributed by atoms with E-state index in [1.54, 1.807) is 53.6 Å². The van der Waals surface area contributed by atoms with Gasteiger partial charge in [-0.05, 0) is 37.1 Å². The van der Waals surface area contributed by atoms with Crippen LogP contribution < -0.4 is 23.7 Å². The van der Waals surface area contributed by atoms with Gasteiger partial charge in [0, 0.05) is 10.8 Å². The van der Waals surface area contributed by atoms with Gasteiger partial charge in [-0.25, -0.2) is 4.79 Å². The zero-order chi connectivity index (χ0) is 22.7. The second-order valence-corrected chi connectivity index (χ2v) is 7.09. The summed E-state index contributed by atoms with van der Waals surface area (Å²) < 4.78 is 28.7. The van der Waals surface area contributed by atoms with Crippen LogP contribution in [-0.2, 0) is 0 Å². The number of aryl methyl sites for hydroxylation is 1. The molecule has 0 unspecified atom stereocenters. The van der Waals surface area contributed by atoms with Gasteiger partial charge < -0.3 is 28.8 Å². The maximum atomic E-state index is 12.2. The Kier molecular flexibility index (Phi) is 6.63. The largest absolute Gasteiger partial charge is 0.496 e. The third-order valence-corrected chi connectivity index (χ3v) is 5.41. The number of ether oxygens (including phenoxy) is 5. The van der Waals surface area contributed by atoms with Gasteiger partial charge in [0.25, 0.3) is 0 Å². The molecule has 0 radical (unpaired) electrons. The van der Waals surface area contributed by atoms with Crippen LogP contribution in [0.5, 0.6) is 28.7 Å². The average Bonchev–Trinajstić information content (AvgIpc) is 2.76. The van der Waals surface area contributed by atoms with Crippen molar-refractivity contribution in [3.63, 3.8) is 0 Å². The van der Waals surface area contributed by atoms with E-state index in [1.165, 1.54) is 0 Å². The third-order valence-electron chi connectivity index (χ3n) is 5.41. The first kappa shape index (κ1) is 22.3. The van der Waals surface area contributed by atoms with Crippen LogP contribution in [-0.4, -0.2) is 46.1 Å². The van der Waals surface area contributed by atoms with Gasteiger partial charge in [0.2, 0.25) is 0 Å². The first-order valence-corrected chi connectivity index (χ1v) is 10.1. The quantitative estimate of drug-likeness (QED) is 0.370. The molecule has 7 nitrogen and oxygen atoms in total. The fourth-order valence-corrected chi connectivity index (χ4v) is 4.00. The van der Waals surface area contributed by atoms with Gasteiger partial charge in [-0.15, -0.1) is 0 Å². The van der Waals surface area contributed by atoms with Crippen molar-refractivity contribution in [1.29, 1.82) is 0 Å². The fraction of sp³-hybridized carbons (Fsp3) is 0.375. The zero-order valence-corrected chi connectivity index (χ0v) is 18.8. The van der Waals surface area contributed by atoms with Crippen LogP contribution in [0.4, 0.5) is 0 Å². The van der Waals surface area contributed by atoms with Crippen LogP contribution in [0.25, 0.3) is 21.5 Å². The minimum atomic E-state index is -1.07. The Bertz CT molecular complexity index is 1130. The summed E-state index contributed by atoms with van der Waals surface area (Å²) in [7, 11) is 6.26. The van der Waals surface area contributed by atoms with E-state index >= 15 is 0 Å². The van der Waals surface area contributed by atoms with E-state index in [1.807, 2.05) is 6.92 Å². The molecule has 3 aromatic rings. The summed E-state index contributed by atoms with van der Waals surface area (Å²) in [5.41, 5.74) is 0.628. The van der Waals surface area contributed by atoms with E-state index in [0.717, 1.165) is 12.8 Å². The molecule has 0 aromatic heterocycles. The minimum absolute atomic E-state index is 0.102. The number of rotatable bonds is 9. The van der Waals surface area contributed by atoms with Crippen molar-refractivity contribution >= 4 is 27.5 Å². The summed E-state index contributed by atoms with van der Waals surface area (Å²) >= 11 is 0. The number of hydrogen-bond donors (Lipinski definition) is 1. The second-order valence-electron chi connectivity index (χ2n) is 7.09. The van der Waals surface area contributed by atoms with Gasteiger partial charge >= 0.3 is 5.97 Å². The lowest BCUT2D eigenvalue weighted by atomic mass is 9.93. The Labute approximate surface area is 181 Å². The van der Waals surface area contributed by atoms with E-state index in [0.29, 0.717) is 62.5 Å². The van der Waals surface area contributed by atoms with E-state index in [9.17, 15) is 9.90 Å². The van der Waals surface area contributed by atoms with Gasteiger partial charge in [0.05, 0.1) is 45.8 Å². The number of carboxylic acid groups (broad SMARTS) is 1. The molecule has 0 aliphatic carbocycles. The summed E-state index contributed by atoms with van der Waals surface area (Å²) in [5, 5.41) is 12.6. The van der Waals surface area contributed by atoms with E-state index < -0.39 is 5.97 Å². The van der Waals surface area contributed by atoms with Gasteiger partial charge in [-0.1, -0.05) is 13.3 Å². The van der Waals surface area contributed by atoms with Crippen molar-refractivity contribution in [2.45, 2.75) is 26.7 Å².